The zero-order valence-electron chi connectivity index (χ0n) is 11.1. The standard InChI is InChI=1S/C12H17N3O4S/c1-7(16)10-5-9(15(18)19)12(20-10)14-4-2-3-8(6-14)11(13)17/h5,7-8,16H,2-4,6H2,1H3,(H2,13,17). The molecule has 0 aliphatic carbocycles. The average Bonchev–Trinajstić information content (AvgIpc) is 2.84. The number of nitrogens with zero attached hydrogens (tertiary/aromatic N) is 2. The minimum atomic E-state index is -0.746. The third kappa shape index (κ3) is 2.91. The van der Waals surface area contributed by atoms with Crippen LogP contribution in [0.3, 0.4) is 0 Å². The molecule has 2 atom stereocenters. The van der Waals surface area contributed by atoms with Gasteiger partial charge in [0.05, 0.1) is 16.9 Å². The molecule has 1 aliphatic rings. The van der Waals surface area contributed by atoms with Crippen molar-refractivity contribution in [3.05, 3.63) is 21.1 Å². The van der Waals surface area contributed by atoms with Crippen molar-refractivity contribution < 1.29 is 14.8 Å². The minimum absolute atomic E-state index is 0.0176. The average molecular weight is 299 g/mol. The second kappa shape index (κ2) is 5.76. The summed E-state index contributed by atoms with van der Waals surface area (Å²) >= 11 is 1.20. The molecule has 3 N–H and O–H groups in total. The summed E-state index contributed by atoms with van der Waals surface area (Å²) in [5, 5.41) is 21.2. The molecular weight excluding hydrogens is 282 g/mol. The number of amides is 1. The van der Waals surface area contributed by atoms with E-state index < -0.39 is 11.0 Å². The van der Waals surface area contributed by atoms with Crippen molar-refractivity contribution in [2.24, 2.45) is 11.7 Å². The highest BCUT2D eigenvalue weighted by Gasteiger charge is 2.30. The van der Waals surface area contributed by atoms with Gasteiger partial charge < -0.3 is 15.7 Å². The number of carbonyl (C=O) groups is 1. The van der Waals surface area contributed by atoms with Crippen LogP contribution >= 0.6 is 11.3 Å². The molecule has 8 heteroatoms. The molecule has 1 amide bonds. The lowest BCUT2D eigenvalue weighted by Crippen LogP contribution is -2.41. The van der Waals surface area contributed by atoms with Crippen LogP contribution in [0.1, 0.15) is 30.7 Å². The van der Waals surface area contributed by atoms with Gasteiger partial charge in [-0.1, -0.05) is 0 Å². The first-order valence-electron chi connectivity index (χ1n) is 6.40. The summed E-state index contributed by atoms with van der Waals surface area (Å²) in [7, 11) is 0. The summed E-state index contributed by atoms with van der Waals surface area (Å²) in [6.07, 6.45) is 0.741. The van der Waals surface area contributed by atoms with E-state index in [1.807, 2.05) is 4.90 Å². The summed E-state index contributed by atoms with van der Waals surface area (Å²) in [5.74, 6) is -0.648. The van der Waals surface area contributed by atoms with E-state index in [0.717, 1.165) is 6.42 Å². The predicted molar refractivity (Wildman–Crippen MR) is 75.7 cm³/mol. The maximum absolute atomic E-state index is 11.3. The van der Waals surface area contributed by atoms with Crippen LogP contribution in [0.2, 0.25) is 0 Å². The topological polar surface area (TPSA) is 110 Å². The van der Waals surface area contributed by atoms with Gasteiger partial charge in [-0.05, 0) is 19.8 Å². The van der Waals surface area contributed by atoms with Gasteiger partial charge in [0.15, 0.2) is 5.00 Å². The molecular formula is C12H17N3O4S. The lowest BCUT2D eigenvalue weighted by molar-refractivity contribution is -0.383. The van der Waals surface area contributed by atoms with E-state index in [-0.39, 0.29) is 17.5 Å². The molecule has 1 aromatic heterocycles. The fourth-order valence-corrected chi connectivity index (χ4v) is 3.44. The highest BCUT2D eigenvalue weighted by molar-refractivity contribution is 7.16. The molecule has 2 heterocycles. The Morgan fingerprint density at radius 1 is 1.70 bits per heavy atom. The Morgan fingerprint density at radius 2 is 2.40 bits per heavy atom. The number of carbonyl (C=O) groups excluding carboxylic acids is 1. The van der Waals surface area contributed by atoms with Crippen molar-refractivity contribution in [2.75, 3.05) is 18.0 Å². The number of hydrogen-bond donors (Lipinski definition) is 2. The smallest absolute Gasteiger partial charge is 0.304 e. The predicted octanol–water partition coefficient (Wildman–Crippen LogP) is 1.41. The van der Waals surface area contributed by atoms with E-state index in [4.69, 9.17) is 5.73 Å². The van der Waals surface area contributed by atoms with Gasteiger partial charge in [-0.2, -0.15) is 0 Å². The molecule has 20 heavy (non-hydrogen) atoms. The van der Waals surface area contributed by atoms with Crippen LogP contribution < -0.4 is 10.6 Å². The minimum Gasteiger partial charge on any atom is -0.388 e. The van der Waals surface area contributed by atoms with Gasteiger partial charge in [0, 0.05) is 24.0 Å². The summed E-state index contributed by atoms with van der Waals surface area (Å²) in [4.78, 5) is 24.3. The molecule has 2 unspecified atom stereocenters. The molecule has 110 valence electrons. The third-order valence-electron chi connectivity index (χ3n) is 3.43. The number of rotatable bonds is 4. The SMILES string of the molecule is CC(O)c1cc([N+](=O)[O-])c(N2CCCC(C(N)=O)C2)s1. The lowest BCUT2D eigenvalue weighted by atomic mass is 9.98. The van der Waals surface area contributed by atoms with Gasteiger partial charge in [0.25, 0.3) is 0 Å². The number of nitro groups is 1. The van der Waals surface area contributed by atoms with Crippen LogP contribution in [-0.4, -0.2) is 29.0 Å². The molecule has 0 spiro atoms. The van der Waals surface area contributed by atoms with Crippen molar-refractivity contribution in [1.82, 2.24) is 0 Å². The number of anilines is 1. The highest BCUT2D eigenvalue weighted by Crippen LogP contribution is 2.41. The van der Waals surface area contributed by atoms with Crippen molar-refractivity contribution in [1.29, 1.82) is 0 Å². The van der Waals surface area contributed by atoms with E-state index in [0.29, 0.717) is 29.4 Å². The van der Waals surface area contributed by atoms with Gasteiger partial charge in [-0.3, -0.25) is 14.9 Å². The Hall–Kier alpha value is -1.67. The first-order valence-corrected chi connectivity index (χ1v) is 7.22. The number of hydrogen-bond acceptors (Lipinski definition) is 6. The molecule has 7 nitrogen and oxygen atoms in total. The van der Waals surface area contributed by atoms with Crippen LogP contribution in [0.25, 0.3) is 0 Å². The molecule has 1 saturated heterocycles. The first kappa shape index (κ1) is 14.7. The Morgan fingerprint density at radius 3 is 2.95 bits per heavy atom. The molecule has 1 aliphatic heterocycles. The van der Waals surface area contributed by atoms with E-state index in [1.165, 1.54) is 17.4 Å². The first-order chi connectivity index (χ1) is 9.40. The number of primary amides is 1. The van der Waals surface area contributed by atoms with Crippen molar-refractivity contribution in [3.63, 3.8) is 0 Å². The summed E-state index contributed by atoms with van der Waals surface area (Å²) in [6.45, 7) is 2.63. The fraction of sp³-hybridized carbons (Fsp3) is 0.583. The number of piperidine rings is 1. The van der Waals surface area contributed by atoms with Crippen LogP contribution in [0.4, 0.5) is 10.7 Å². The second-order valence-electron chi connectivity index (χ2n) is 4.96. The molecule has 0 aromatic carbocycles. The lowest BCUT2D eigenvalue weighted by Gasteiger charge is -2.31. The summed E-state index contributed by atoms with van der Waals surface area (Å²) in [5.41, 5.74) is 5.31. The van der Waals surface area contributed by atoms with Gasteiger partial charge >= 0.3 is 5.69 Å². The molecule has 1 fully saturated rings. The number of nitrogens with two attached hydrogens (primary N) is 1. The van der Waals surface area contributed by atoms with Crippen LogP contribution in [0, 0.1) is 16.0 Å². The van der Waals surface area contributed by atoms with E-state index in [1.54, 1.807) is 6.92 Å². The zero-order chi connectivity index (χ0) is 14.9. The Bertz CT molecular complexity index is 529. The van der Waals surface area contributed by atoms with Crippen LogP contribution in [0.5, 0.6) is 0 Å². The molecule has 0 saturated carbocycles. The molecule has 0 radical (unpaired) electrons. The van der Waals surface area contributed by atoms with Crippen LogP contribution in [0.15, 0.2) is 6.07 Å². The van der Waals surface area contributed by atoms with Crippen LogP contribution in [-0.2, 0) is 4.79 Å². The molecule has 0 bridgehead atoms. The van der Waals surface area contributed by atoms with Crippen molar-refractivity contribution in [2.45, 2.75) is 25.9 Å². The quantitative estimate of drug-likeness (QED) is 0.645. The number of aliphatic hydroxyl groups is 1. The van der Waals surface area contributed by atoms with Gasteiger partial charge in [0.1, 0.15) is 0 Å². The largest absolute Gasteiger partial charge is 0.388 e. The summed E-state index contributed by atoms with van der Waals surface area (Å²) < 4.78 is 0. The van der Waals surface area contributed by atoms with E-state index in [2.05, 4.69) is 0 Å². The van der Waals surface area contributed by atoms with Gasteiger partial charge in [-0.15, -0.1) is 11.3 Å². The maximum Gasteiger partial charge on any atom is 0.304 e. The van der Waals surface area contributed by atoms with E-state index in [9.17, 15) is 20.0 Å². The van der Waals surface area contributed by atoms with Gasteiger partial charge in [-0.25, -0.2) is 0 Å². The number of thiophene rings is 1. The Labute approximate surface area is 120 Å². The normalized spacial score (nSPS) is 20.7. The molecule has 2 rings (SSSR count). The maximum atomic E-state index is 11.3. The Kier molecular flexibility index (Phi) is 4.24. The highest BCUT2D eigenvalue weighted by atomic mass is 32.1. The van der Waals surface area contributed by atoms with Crippen molar-refractivity contribution >= 4 is 27.9 Å². The van der Waals surface area contributed by atoms with E-state index >= 15 is 0 Å². The second-order valence-corrected chi connectivity index (χ2v) is 6.02. The zero-order valence-corrected chi connectivity index (χ0v) is 11.9. The number of aliphatic hydroxyl groups excluding tert-OH is 1. The third-order valence-corrected chi connectivity index (χ3v) is 4.79. The van der Waals surface area contributed by atoms with Gasteiger partial charge in [0.2, 0.25) is 5.91 Å². The fourth-order valence-electron chi connectivity index (χ4n) is 2.35. The monoisotopic (exact) mass is 299 g/mol. The van der Waals surface area contributed by atoms with Crippen molar-refractivity contribution in [3.8, 4) is 0 Å². The Balaban J connectivity index is 2.31. The summed E-state index contributed by atoms with van der Waals surface area (Å²) in [6, 6.07) is 1.40. The molecule has 1 aromatic rings.